The number of benzene rings is 1. The molecule has 1 aromatic carbocycles. The summed E-state index contributed by atoms with van der Waals surface area (Å²) in [4.78, 5) is 14.1. The molecule has 116 valence electrons. The summed E-state index contributed by atoms with van der Waals surface area (Å²) >= 11 is 0. The Morgan fingerprint density at radius 3 is 2.43 bits per heavy atom. The number of hydrogen-bond donors (Lipinski definition) is 2. The molecule has 0 radical (unpaired) electrons. The third kappa shape index (κ3) is 3.21. The van der Waals surface area contributed by atoms with Crippen molar-refractivity contribution in [2.75, 3.05) is 33.5 Å². The predicted molar refractivity (Wildman–Crippen MR) is 79.6 cm³/mol. The molecule has 0 saturated heterocycles. The van der Waals surface area contributed by atoms with Gasteiger partial charge in [0, 0.05) is 25.3 Å². The predicted octanol–water partition coefficient (Wildman–Crippen LogP) is 1.13. The highest BCUT2D eigenvalue weighted by Crippen LogP contribution is 2.33. The summed E-state index contributed by atoms with van der Waals surface area (Å²) < 4.78 is 10.4. The van der Waals surface area contributed by atoms with Gasteiger partial charge in [-0.1, -0.05) is 0 Å². The number of amides is 1. The number of rotatable bonds is 5. The van der Waals surface area contributed by atoms with Gasteiger partial charge in [0.1, 0.15) is 0 Å². The average molecular weight is 294 g/mol. The normalized spacial score (nSPS) is 20.6. The highest BCUT2D eigenvalue weighted by molar-refractivity contribution is 6.00. The highest BCUT2D eigenvalue weighted by atomic mass is 16.5. The molecule has 0 bridgehead atoms. The lowest BCUT2D eigenvalue weighted by Crippen LogP contribution is -2.39. The summed E-state index contributed by atoms with van der Waals surface area (Å²) in [5, 5.41) is 9.30. The fraction of sp³-hybridized carbons (Fsp3) is 0.533. The van der Waals surface area contributed by atoms with Crippen LogP contribution >= 0.6 is 0 Å². The Bertz CT molecular complexity index is 527. The standard InChI is InChI=1S/C15H22N2O4/c1-17(8-9-4-10(18)5-9)15(19)11-6-13(20-2)14(21-3)7-12(11)16/h6-7,9-10,18H,4-5,8,16H2,1-3H3. The summed E-state index contributed by atoms with van der Waals surface area (Å²) in [5.41, 5.74) is 6.69. The van der Waals surface area contributed by atoms with Gasteiger partial charge in [-0.25, -0.2) is 0 Å². The maximum atomic E-state index is 12.5. The molecule has 1 amide bonds. The second kappa shape index (κ2) is 6.22. The number of aliphatic hydroxyl groups excluding tert-OH is 1. The maximum absolute atomic E-state index is 12.5. The summed E-state index contributed by atoms with van der Waals surface area (Å²) in [6, 6.07) is 3.19. The summed E-state index contributed by atoms with van der Waals surface area (Å²) in [7, 11) is 4.78. The Kier molecular flexibility index (Phi) is 4.57. The van der Waals surface area contributed by atoms with E-state index in [4.69, 9.17) is 15.2 Å². The van der Waals surface area contributed by atoms with E-state index >= 15 is 0 Å². The van der Waals surface area contributed by atoms with Crippen LogP contribution in [0, 0.1) is 5.92 Å². The van der Waals surface area contributed by atoms with E-state index in [1.54, 1.807) is 24.1 Å². The van der Waals surface area contributed by atoms with Gasteiger partial charge in [0.15, 0.2) is 11.5 Å². The van der Waals surface area contributed by atoms with E-state index in [0.717, 1.165) is 12.8 Å². The fourth-order valence-electron chi connectivity index (χ4n) is 2.61. The summed E-state index contributed by atoms with van der Waals surface area (Å²) in [6.45, 7) is 0.615. The minimum absolute atomic E-state index is 0.158. The van der Waals surface area contributed by atoms with Crippen molar-refractivity contribution in [3.63, 3.8) is 0 Å². The van der Waals surface area contributed by atoms with E-state index in [9.17, 15) is 9.90 Å². The Morgan fingerprint density at radius 1 is 1.33 bits per heavy atom. The first-order valence-electron chi connectivity index (χ1n) is 6.91. The van der Waals surface area contributed by atoms with Crippen LogP contribution in [0.15, 0.2) is 12.1 Å². The summed E-state index contributed by atoms with van der Waals surface area (Å²) in [6.07, 6.45) is 1.28. The van der Waals surface area contributed by atoms with E-state index in [0.29, 0.717) is 35.2 Å². The van der Waals surface area contributed by atoms with Crippen molar-refractivity contribution in [1.82, 2.24) is 4.90 Å². The maximum Gasteiger partial charge on any atom is 0.255 e. The van der Waals surface area contributed by atoms with Crippen LogP contribution in [0.5, 0.6) is 11.5 Å². The molecular formula is C15H22N2O4. The van der Waals surface area contributed by atoms with Crippen molar-refractivity contribution in [2.24, 2.45) is 5.92 Å². The number of nitrogen functional groups attached to an aromatic ring is 1. The van der Waals surface area contributed by atoms with Crippen LogP contribution in [0.3, 0.4) is 0 Å². The van der Waals surface area contributed by atoms with E-state index < -0.39 is 0 Å². The first-order chi connectivity index (χ1) is 9.96. The van der Waals surface area contributed by atoms with Gasteiger partial charge in [-0.2, -0.15) is 0 Å². The molecule has 6 heteroatoms. The first-order valence-corrected chi connectivity index (χ1v) is 6.91. The third-order valence-corrected chi connectivity index (χ3v) is 3.88. The molecule has 6 nitrogen and oxygen atoms in total. The largest absolute Gasteiger partial charge is 0.493 e. The number of aliphatic hydroxyl groups is 1. The molecule has 0 atom stereocenters. The van der Waals surface area contributed by atoms with Crippen LogP contribution in [0.4, 0.5) is 5.69 Å². The second-order valence-corrected chi connectivity index (χ2v) is 5.47. The van der Waals surface area contributed by atoms with Crippen LogP contribution in [0.2, 0.25) is 0 Å². The number of nitrogens with zero attached hydrogens (tertiary/aromatic N) is 1. The molecule has 3 N–H and O–H groups in total. The van der Waals surface area contributed by atoms with Crippen LogP contribution < -0.4 is 15.2 Å². The van der Waals surface area contributed by atoms with Crippen LogP contribution in [0.25, 0.3) is 0 Å². The van der Waals surface area contributed by atoms with Gasteiger partial charge in [0.2, 0.25) is 0 Å². The van der Waals surface area contributed by atoms with E-state index in [2.05, 4.69) is 0 Å². The molecule has 1 aliphatic rings. The number of ether oxygens (including phenoxy) is 2. The minimum Gasteiger partial charge on any atom is -0.493 e. The molecule has 0 unspecified atom stereocenters. The Balaban J connectivity index is 2.14. The SMILES string of the molecule is COc1cc(N)c(C(=O)N(C)CC2CC(O)C2)cc1OC. The number of hydrogen-bond acceptors (Lipinski definition) is 5. The fourth-order valence-corrected chi connectivity index (χ4v) is 2.61. The Morgan fingerprint density at radius 2 is 1.90 bits per heavy atom. The topological polar surface area (TPSA) is 85.0 Å². The second-order valence-electron chi connectivity index (χ2n) is 5.47. The molecule has 1 aromatic rings. The molecule has 0 aliphatic heterocycles. The third-order valence-electron chi connectivity index (χ3n) is 3.88. The van der Waals surface area contributed by atoms with Crippen molar-refractivity contribution in [2.45, 2.75) is 18.9 Å². The number of nitrogens with two attached hydrogens (primary N) is 1. The zero-order valence-electron chi connectivity index (χ0n) is 12.6. The lowest BCUT2D eigenvalue weighted by molar-refractivity contribution is 0.0265. The molecule has 0 heterocycles. The average Bonchev–Trinajstić information content (AvgIpc) is 2.44. The minimum atomic E-state index is -0.218. The van der Waals surface area contributed by atoms with Gasteiger partial charge < -0.3 is 25.2 Å². The van der Waals surface area contributed by atoms with Crippen LogP contribution in [-0.4, -0.2) is 49.8 Å². The van der Waals surface area contributed by atoms with E-state index in [-0.39, 0.29) is 12.0 Å². The van der Waals surface area contributed by atoms with Crippen molar-refractivity contribution in [3.8, 4) is 11.5 Å². The number of carbonyl (C=O) groups is 1. The van der Waals surface area contributed by atoms with Crippen LogP contribution in [-0.2, 0) is 0 Å². The Hall–Kier alpha value is -1.95. The molecule has 2 rings (SSSR count). The molecule has 1 aliphatic carbocycles. The van der Waals surface area contributed by atoms with Crippen LogP contribution in [0.1, 0.15) is 23.2 Å². The zero-order chi connectivity index (χ0) is 15.6. The monoisotopic (exact) mass is 294 g/mol. The number of carbonyl (C=O) groups excluding carboxylic acids is 1. The van der Waals surface area contributed by atoms with Gasteiger partial charge in [-0.3, -0.25) is 4.79 Å². The van der Waals surface area contributed by atoms with Crippen molar-refractivity contribution in [3.05, 3.63) is 17.7 Å². The lowest BCUT2D eigenvalue weighted by atomic mass is 9.82. The quantitative estimate of drug-likeness (QED) is 0.795. The van der Waals surface area contributed by atoms with Crippen molar-refractivity contribution < 1.29 is 19.4 Å². The van der Waals surface area contributed by atoms with E-state index in [1.807, 2.05) is 0 Å². The molecule has 0 aromatic heterocycles. The van der Waals surface area contributed by atoms with Crippen molar-refractivity contribution >= 4 is 11.6 Å². The van der Waals surface area contributed by atoms with Gasteiger partial charge >= 0.3 is 0 Å². The van der Waals surface area contributed by atoms with Gasteiger partial charge in [-0.05, 0) is 24.8 Å². The molecule has 1 saturated carbocycles. The summed E-state index contributed by atoms with van der Waals surface area (Å²) in [5.74, 6) is 1.17. The molecule has 0 spiro atoms. The van der Waals surface area contributed by atoms with Gasteiger partial charge in [0.05, 0.1) is 25.9 Å². The highest BCUT2D eigenvalue weighted by Gasteiger charge is 2.29. The molecule has 21 heavy (non-hydrogen) atoms. The number of methoxy groups -OCH3 is 2. The van der Waals surface area contributed by atoms with Gasteiger partial charge in [0.25, 0.3) is 5.91 Å². The van der Waals surface area contributed by atoms with E-state index in [1.165, 1.54) is 14.2 Å². The zero-order valence-corrected chi connectivity index (χ0v) is 12.6. The Labute approximate surface area is 124 Å². The number of anilines is 1. The lowest BCUT2D eigenvalue weighted by Gasteiger charge is -2.34. The first kappa shape index (κ1) is 15.4. The van der Waals surface area contributed by atoms with Crippen molar-refractivity contribution in [1.29, 1.82) is 0 Å². The van der Waals surface area contributed by atoms with Gasteiger partial charge in [-0.15, -0.1) is 0 Å². The molecular weight excluding hydrogens is 272 g/mol. The smallest absolute Gasteiger partial charge is 0.255 e. The molecule has 1 fully saturated rings.